The van der Waals surface area contributed by atoms with Crippen molar-refractivity contribution in [2.24, 2.45) is 0 Å². The number of unbranched alkanes of at least 4 members (excludes halogenated alkanes) is 1. The van der Waals surface area contributed by atoms with Crippen LogP contribution in [0.15, 0.2) is 0 Å². The Morgan fingerprint density at radius 3 is 2.60 bits per heavy atom. The van der Waals surface area contributed by atoms with Crippen molar-refractivity contribution in [1.29, 1.82) is 0 Å². The lowest BCUT2D eigenvalue weighted by atomic mass is 10.3. The van der Waals surface area contributed by atoms with E-state index in [2.05, 4.69) is 24.0 Å². The van der Waals surface area contributed by atoms with E-state index in [1.165, 1.54) is 37.3 Å². The number of nitrogens with one attached hydrogen (secondary N) is 1. The maximum atomic E-state index is 3.15. The van der Waals surface area contributed by atoms with Crippen LogP contribution in [-0.2, 0) is 0 Å². The van der Waals surface area contributed by atoms with E-state index in [1.54, 1.807) is 0 Å². The first-order chi connectivity index (χ1) is 4.91. The van der Waals surface area contributed by atoms with E-state index in [-0.39, 0.29) is 0 Å². The van der Waals surface area contributed by atoms with Gasteiger partial charge in [-0.1, -0.05) is 6.92 Å². The van der Waals surface area contributed by atoms with Crippen molar-refractivity contribution in [3.63, 3.8) is 0 Å². The van der Waals surface area contributed by atoms with Gasteiger partial charge in [-0.2, -0.15) is 11.8 Å². The minimum Gasteiger partial charge on any atom is -0.320 e. The highest BCUT2D eigenvalue weighted by atomic mass is 32.2. The van der Waals surface area contributed by atoms with Crippen LogP contribution in [0.5, 0.6) is 0 Å². The van der Waals surface area contributed by atoms with Crippen molar-refractivity contribution in [1.82, 2.24) is 5.32 Å². The highest BCUT2D eigenvalue weighted by Gasteiger charge is 1.87. The van der Waals surface area contributed by atoms with Crippen molar-refractivity contribution in [3.05, 3.63) is 0 Å². The lowest BCUT2D eigenvalue weighted by molar-refractivity contribution is 0.715. The SMILES string of the molecule is CCCSCCCCNC. The number of rotatable bonds is 7. The van der Waals surface area contributed by atoms with Crippen molar-refractivity contribution in [2.75, 3.05) is 25.1 Å². The molecule has 0 aliphatic rings. The number of hydrogen-bond donors (Lipinski definition) is 1. The molecule has 0 aromatic carbocycles. The smallest absolute Gasteiger partial charge is 0.00516 e. The molecule has 0 rings (SSSR count). The zero-order chi connectivity index (χ0) is 7.66. The molecule has 0 aliphatic heterocycles. The average molecular weight is 161 g/mol. The average Bonchev–Trinajstić information content (AvgIpc) is 1.97. The Hall–Kier alpha value is 0.310. The molecule has 0 bridgehead atoms. The van der Waals surface area contributed by atoms with Crippen LogP contribution < -0.4 is 5.32 Å². The third kappa shape index (κ3) is 8.31. The maximum absolute atomic E-state index is 3.15. The molecular weight excluding hydrogens is 142 g/mol. The molecule has 0 amide bonds. The van der Waals surface area contributed by atoms with Crippen LogP contribution in [0.4, 0.5) is 0 Å². The van der Waals surface area contributed by atoms with Crippen LogP contribution in [0, 0.1) is 0 Å². The van der Waals surface area contributed by atoms with Crippen LogP contribution in [-0.4, -0.2) is 25.1 Å². The zero-order valence-electron chi connectivity index (χ0n) is 7.15. The molecule has 2 heteroatoms. The van der Waals surface area contributed by atoms with Crippen LogP contribution in [0.3, 0.4) is 0 Å². The first-order valence-electron chi connectivity index (χ1n) is 4.14. The van der Waals surface area contributed by atoms with E-state index in [9.17, 15) is 0 Å². The summed E-state index contributed by atoms with van der Waals surface area (Å²) in [5.74, 6) is 2.68. The summed E-state index contributed by atoms with van der Waals surface area (Å²) in [6, 6.07) is 0. The summed E-state index contributed by atoms with van der Waals surface area (Å²) < 4.78 is 0. The quantitative estimate of drug-likeness (QED) is 0.574. The Kier molecular flexibility index (Phi) is 9.60. The first kappa shape index (κ1) is 10.3. The molecule has 0 aliphatic carbocycles. The van der Waals surface area contributed by atoms with Gasteiger partial charge in [-0.05, 0) is 44.4 Å². The third-order valence-corrected chi connectivity index (χ3v) is 2.59. The largest absolute Gasteiger partial charge is 0.320 e. The second kappa shape index (κ2) is 9.31. The van der Waals surface area contributed by atoms with Crippen LogP contribution >= 0.6 is 11.8 Å². The molecule has 0 unspecified atom stereocenters. The second-order valence-electron chi connectivity index (χ2n) is 2.42. The Balaban J connectivity index is 2.65. The van der Waals surface area contributed by atoms with Gasteiger partial charge in [-0.3, -0.25) is 0 Å². The molecule has 0 aromatic heterocycles. The Labute approximate surface area is 69.0 Å². The Morgan fingerprint density at radius 1 is 1.20 bits per heavy atom. The summed E-state index contributed by atoms with van der Waals surface area (Å²) in [6.45, 7) is 3.41. The van der Waals surface area contributed by atoms with Crippen molar-refractivity contribution < 1.29 is 0 Å². The molecule has 0 radical (unpaired) electrons. The van der Waals surface area contributed by atoms with Gasteiger partial charge in [0.2, 0.25) is 0 Å². The zero-order valence-corrected chi connectivity index (χ0v) is 7.97. The minimum atomic E-state index is 1.17. The lowest BCUT2D eigenvalue weighted by Crippen LogP contribution is -2.07. The summed E-state index contributed by atoms with van der Waals surface area (Å²) in [4.78, 5) is 0. The molecule has 10 heavy (non-hydrogen) atoms. The highest BCUT2D eigenvalue weighted by molar-refractivity contribution is 7.99. The first-order valence-corrected chi connectivity index (χ1v) is 5.29. The number of hydrogen-bond acceptors (Lipinski definition) is 2. The van der Waals surface area contributed by atoms with Gasteiger partial charge in [0.05, 0.1) is 0 Å². The summed E-state index contributed by atoms with van der Waals surface area (Å²) in [5.41, 5.74) is 0. The summed E-state index contributed by atoms with van der Waals surface area (Å²) >= 11 is 2.08. The topological polar surface area (TPSA) is 12.0 Å². The van der Waals surface area contributed by atoms with Gasteiger partial charge in [0, 0.05) is 0 Å². The molecule has 0 aromatic rings. The predicted molar refractivity (Wildman–Crippen MR) is 50.8 cm³/mol. The normalized spacial score (nSPS) is 10.2. The monoisotopic (exact) mass is 161 g/mol. The van der Waals surface area contributed by atoms with Gasteiger partial charge in [0.15, 0.2) is 0 Å². The summed E-state index contributed by atoms with van der Waals surface area (Å²) in [7, 11) is 2.01. The fourth-order valence-electron chi connectivity index (χ4n) is 0.752. The highest BCUT2D eigenvalue weighted by Crippen LogP contribution is 2.04. The van der Waals surface area contributed by atoms with Gasteiger partial charge in [0.25, 0.3) is 0 Å². The summed E-state index contributed by atoms with van der Waals surface area (Å²) in [6.07, 6.45) is 4.01. The molecule has 0 saturated carbocycles. The van der Waals surface area contributed by atoms with Crippen LogP contribution in [0.25, 0.3) is 0 Å². The fraction of sp³-hybridized carbons (Fsp3) is 1.00. The standard InChI is InChI=1S/C8H19NS/c1-3-7-10-8-5-4-6-9-2/h9H,3-8H2,1-2H3. The molecule has 0 fully saturated rings. The molecule has 0 heterocycles. The number of thioether (sulfide) groups is 1. The van der Waals surface area contributed by atoms with E-state index >= 15 is 0 Å². The van der Waals surface area contributed by atoms with Crippen LogP contribution in [0.2, 0.25) is 0 Å². The molecule has 0 spiro atoms. The van der Waals surface area contributed by atoms with Gasteiger partial charge in [-0.25, -0.2) is 0 Å². The molecule has 1 nitrogen and oxygen atoms in total. The van der Waals surface area contributed by atoms with Gasteiger partial charge >= 0.3 is 0 Å². The van der Waals surface area contributed by atoms with Crippen molar-refractivity contribution >= 4 is 11.8 Å². The van der Waals surface area contributed by atoms with E-state index in [1.807, 2.05) is 7.05 Å². The van der Waals surface area contributed by atoms with Gasteiger partial charge in [-0.15, -0.1) is 0 Å². The summed E-state index contributed by atoms with van der Waals surface area (Å²) in [5, 5.41) is 3.15. The molecule has 1 N–H and O–H groups in total. The maximum Gasteiger partial charge on any atom is -0.00516 e. The minimum absolute atomic E-state index is 1.17. The van der Waals surface area contributed by atoms with Crippen molar-refractivity contribution in [3.8, 4) is 0 Å². The second-order valence-corrected chi connectivity index (χ2v) is 3.65. The van der Waals surface area contributed by atoms with E-state index in [0.717, 1.165) is 0 Å². The van der Waals surface area contributed by atoms with E-state index < -0.39 is 0 Å². The van der Waals surface area contributed by atoms with E-state index in [4.69, 9.17) is 0 Å². The van der Waals surface area contributed by atoms with E-state index in [0.29, 0.717) is 0 Å². The lowest BCUT2D eigenvalue weighted by Gasteiger charge is -1.98. The third-order valence-electron chi connectivity index (χ3n) is 1.31. The van der Waals surface area contributed by atoms with Gasteiger partial charge in [0.1, 0.15) is 0 Å². The molecule has 62 valence electrons. The van der Waals surface area contributed by atoms with Gasteiger partial charge < -0.3 is 5.32 Å². The van der Waals surface area contributed by atoms with Crippen molar-refractivity contribution in [2.45, 2.75) is 26.2 Å². The molecule has 0 atom stereocenters. The molecular formula is C8H19NS. The predicted octanol–water partition coefficient (Wildman–Crippen LogP) is 2.13. The Bertz CT molecular complexity index is 49.2. The van der Waals surface area contributed by atoms with Crippen LogP contribution in [0.1, 0.15) is 26.2 Å². The molecule has 0 saturated heterocycles. The Morgan fingerprint density at radius 2 is 2.00 bits per heavy atom. The fourth-order valence-corrected chi connectivity index (χ4v) is 1.65.